The number of carbonyl (C=O) groups is 1. The Labute approximate surface area is 150 Å². The van der Waals surface area contributed by atoms with Crippen molar-refractivity contribution in [1.82, 2.24) is 24.6 Å². The predicted molar refractivity (Wildman–Crippen MR) is 90.4 cm³/mol. The lowest BCUT2D eigenvalue weighted by molar-refractivity contribution is 0.0995. The molecule has 26 heavy (non-hydrogen) atoms. The molecule has 0 aliphatic heterocycles. The molecule has 1 N–H and O–H groups in total. The quantitative estimate of drug-likeness (QED) is 0.593. The Balaban J connectivity index is 1.68. The molecule has 3 heterocycles. The highest BCUT2D eigenvalue weighted by Crippen LogP contribution is 2.24. The van der Waals surface area contributed by atoms with Crippen molar-refractivity contribution in [3.63, 3.8) is 0 Å². The number of hydrogen-bond donors (Lipinski definition) is 1. The first kappa shape index (κ1) is 16.2. The number of carbonyl (C=O) groups excluding carboxylic acids is 1. The monoisotopic (exact) mass is 372 g/mol. The number of nitrogens with one attached hydrogen (secondary N) is 1. The molecule has 0 unspecified atom stereocenters. The Morgan fingerprint density at radius 1 is 1.31 bits per heavy atom. The standard InChI is InChI=1S/C16H10ClFN6O2/c1-8-19-6-13(26-8)15(25)21-10-2-3-12(18)11(4-10)14-22-16-20-5-9(17)7-24(16)23-14/h2-7H,1H3,(H,21,25). The summed E-state index contributed by atoms with van der Waals surface area (Å²) in [5.74, 6) is -0.229. The number of hydrogen-bond acceptors (Lipinski definition) is 6. The molecule has 0 bridgehead atoms. The molecule has 0 aliphatic carbocycles. The molecular formula is C16H10ClFN6O2. The van der Waals surface area contributed by atoms with E-state index in [1.54, 1.807) is 6.92 Å². The van der Waals surface area contributed by atoms with E-state index in [9.17, 15) is 9.18 Å². The maximum absolute atomic E-state index is 14.2. The Hall–Kier alpha value is -3.33. The minimum atomic E-state index is -0.541. The number of rotatable bonds is 3. The summed E-state index contributed by atoms with van der Waals surface area (Å²) in [6, 6.07) is 4.06. The van der Waals surface area contributed by atoms with Gasteiger partial charge in [-0.3, -0.25) is 4.79 Å². The Morgan fingerprint density at radius 2 is 2.15 bits per heavy atom. The number of nitrogens with zero attached hydrogens (tertiary/aromatic N) is 5. The van der Waals surface area contributed by atoms with Crippen LogP contribution in [-0.2, 0) is 0 Å². The number of fused-ring (bicyclic) bond motifs is 1. The van der Waals surface area contributed by atoms with Crippen LogP contribution < -0.4 is 5.32 Å². The minimum Gasteiger partial charge on any atom is -0.436 e. The van der Waals surface area contributed by atoms with Gasteiger partial charge in [0.15, 0.2) is 11.7 Å². The molecule has 10 heteroatoms. The van der Waals surface area contributed by atoms with E-state index in [1.165, 1.54) is 41.3 Å². The van der Waals surface area contributed by atoms with Crippen LogP contribution in [0.15, 0.2) is 41.2 Å². The van der Waals surface area contributed by atoms with Crippen LogP contribution in [0.1, 0.15) is 16.4 Å². The molecule has 130 valence electrons. The first-order chi connectivity index (χ1) is 12.5. The SMILES string of the molecule is Cc1ncc(C(=O)Nc2ccc(F)c(-c3nc4ncc(Cl)cn4n3)c2)o1. The van der Waals surface area contributed by atoms with Gasteiger partial charge in [0.1, 0.15) is 5.82 Å². The zero-order chi connectivity index (χ0) is 18.3. The molecular weight excluding hydrogens is 363 g/mol. The summed E-state index contributed by atoms with van der Waals surface area (Å²) < 4.78 is 20.8. The third-order valence-corrected chi connectivity index (χ3v) is 3.67. The van der Waals surface area contributed by atoms with Crippen molar-refractivity contribution in [1.29, 1.82) is 0 Å². The normalized spacial score (nSPS) is 11.0. The second-order valence-electron chi connectivity index (χ2n) is 5.34. The van der Waals surface area contributed by atoms with Gasteiger partial charge in [-0.05, 0) is 18.2 Å². The minimum absolute atomic E-state index is 0.0538. The Kier molecular flexibility index (Phi) is 3.85. The van der Waals surface area contributed by atoms with Gasteiger partial charge < -0.3 is 9.73 Å². The summed E-state index contributed by atoms with van der Waals surface area (Å²) in [6.45, 7) is 1.63. The van der Waals surface area contributed by atoms with Gasteiger partial charge in [-0.25, -0.2) is 18.9 Å². The summed E-state index contributed by atoms with van der Waals surface area (Å²) in [6.07, 6.45) is 4.24. The predicted octanol–water partition coefficient (Wildman–Crippen LogP) is 3.13. The molecule has 0 radical (unpaired) electrons. The molecule has 0 saturated heterocycles. The molecule has 1 amide bonds. The fraction of sp³-hybridized carbons (Fsp3) is 0.0625. The zero-order valence-corrected chi connectivity index (χ0v) is 14.0. The van der Waals surface area contributed by atoms with Crippen LogP contribution >= 0.6 is 11.6 Å². The number of anilines is 1. The van der Waals surface area contributed by atoms with Gasteiger partial charge >= 0.3 is 0 Å². The molecule has 0 atom stereocenters. The van der Waals surface area contributed by atoms with E-state index < -0.39 is 11.7 Å². The molecule has 4 aromatic rings. The van der Waals surface area contributed by atoms with Gasteiger partial charge in [-0.15, -0.1) is 5.10 Å². The highest BCUT2D eigenvalue weighted by molar-refractivity contribution is 6.30. The number of amides is 1. The van der Waals surface area contributed by atoms with Crippen molar-refractivity contribution < 1.29 is 13.6 Å². The van der Waals surface area contributed by atoms with Gasteiger partial charge in [0.2, 0.25) is 5.76 Å². The fourth-order valence-corrected chi connectivity index (χ4v) is 2.45. The number of aryl methyl sites for hydroxylation is 1. The van der Waals surface area contributed by atoms with E-state index in [1.807, 2.05) is 0 Å². The summed E-state index contributed by atoms with van der Waals surface area (Å²) >= 11 is 5.86. The number of aromatic nitrogens is 5. The molecule has 0 spiro atoms. The van der Waals surface area contributed by atoms with Gasteiger partial charge in [0.25, 0.3) is 11.7 Å². The lowest BCUT2D eigenvalue weighted by atomic mass is 10.1. The Bertz CT molecular complexity index is 1140. The maximum atomic E-state index is 14.2. The van der Waals surface area contributed by atoms with Crippen molar-refractivity contribution in [2.45, 2.75) is 6.92 Å². The summed E-state index contributed by atoms with van der Waals surface area (Å²) in [7, 11) is 0. The lowest BCUT2D eigenvalue weighted by Crippen LogP contribution is -2.11. The van der Waals surface area contributed by atoms with Crippen LogP contribution in [0, 0.1) is 12.7 Å². The second kappa shape index (κ2) is 6.19. The second-order valence-corrected chi connectivity index (χ2v) is 5.78. The average Bonchev–Trinajstić information content (AvgIpc) is 3.22. The van der Waals surface area contributed by atoms with Crippen LogP contribution in [0.3, 0.4) is 0 Å². The molecule has 0 aliphatic rings. The van der Waals surface area contributed by atoms with Gasteiger partial charge in [-0.1, -0.05) is 11.6 Å². The third kappa shape index (κ3) is 3.00. The number of halogens is 2. The van der Waals surface area contributed by atoms with Gasteiger partial charge in [0, 0.05) is 12.6 Å². The molecule has 4 rings (SSSR count). The highest BCUT2D eigenvalue weighted by atomic mass is 35.5. The summed E-state index contributed by atoms with van der Waals surface area (Å²) in [4.78, 5) is 24.2. The van der Waals surface area contributed by atoms with Gasteiger partial charge in [-0.2, -0.15) is 4.98 Å². The van der Waals surface area contributed by atoms with Crippen LogP contribution in [0.25, 0.3) is 17.2 Å². The van der Waals surface area contributed by atoms with Crippen LogP contribution in [-0.4, -0.2) is 30.5 Å². The topological polar surface area (TPSA) is 98.2 Å². The third-order valence-electron chi connectivity index (χ3n) is 3.47. The molecule has 1 aromatic carbocycles. The van der Waals surface area contributed by atoms with Crippen LogP contribution in [0.5, 0.6) is 0 Å². The largest absolute Gasteiger partial charge is 0.436 e. The van der Waals surface area contributed by atoms with Crippen molar-refractivity contribution in [3.8, 4) is 11.4 Å². The van der Waals surface area contributed by atoms with E-state index in [0.29, 0.717) is 16.6 Å². The first-order valence-electron chi connectivity index (χ1n) is 7.41. The zero-order valence-electron chi connectivity index (χ0n) is 13.3. The molecule has 8 nitrogen and oxygen atoms in total. The fourth-order valence-electron chi connectivity index (χ4n) is 2.31. The maximum Gasteiger partial charge on any atom is 0.293 e. The first-order valence-corrected chi connectivity index (χ1v) is 7.79. The van der Waals surface area contributed by atoms with Crippen molar-refractivity contribution in [2.24, 2.45) is 0 Å². The highest BCUT2D eigenvalue weighted by Gasteiger charge is 2.16. The smallest absolute Gasteiger partial charge is 0.293 e. The van der Waals surface area contributed by atoms with Gasteiger partial charge in [0.05, 0.1) is 29.2 Å². The van der Waals surface area contributed by atoms with Crippen molar-refractivity contribution in [3.05, 3.63) is 59.3 Å². The molecule has 3 aromatic heterocycles. The van der Waals surface area contributed by atoms with E-state index in [2.05, 4.69) is 25.4 Å². The van der Waals surface area contributed by atoms with Crippen molar-refractivity contribution in [2.75, 3.05) is 5.32 Å². The van der Waals surface area contributed by atoms with Crippen LogP contribution in [0.4, 0.5) is 10.1 Å². The van der Waals surface area contributed by atoms with E-state index in [-0.39, 0.29) is 22.9 Å². The van der Waals surface area contributed by atoms with Crippen molar-refractivity contribution >= 4 is 29.0 Å². The molecule has 0 saturated carbocycles. The average molecular weight is 373 g/mol. The van der Waals surface area contributed by atoms with E-state index >= 15 is 0 Å². The van der Waals surface area contributed by atoms with Crippen LogP contribution in [0.2, 0.25) is 5.02 Å². The lowest BCUT2D eigenvalue weighted by Gasteiger charge is -2.05. The number of oxazole rings is 1. The van der Waals surface area contributed by atoms with E-state index in [0.717, 1.165) is 0 Å². The molecule has 0 fully saturated rings. The Morgan fingerprint density at radius 3 is 2.92 bits per heavy atom. The van der Waals surface area contributed by atoms with E-state index in [4.69, 9.17) is 16.0 Å². The summed E-state index contributed by atoms with van der Waals surface area (Å²) in [5, 5.41) is 7.15. The summed E-state index contributed by atoms with van der Waals surface area (Å²) in [5.41, 5.74) is 0.462. The number of benzene rings is 1.